The van der Waals surface area contributed by atoms with Crippen LogP contribution in [0.15, 0.2) is 6.07 Å². The third kappa shape index (κ3) is 2.62. The van der Waals surface area contributed by atoms with Crippen LogP contribution in [0.3, 0.4) is 0 Å². The molecule has 1 aliphatic rings. The van der Waals surface area contributed by atoms with Crippen LogP contribution in [-0.4, -0.2) is 32.3 Å². The Morgan fingerprint density at radius 3 is 2.94 bits per heavy atom. The fourth-order valence-corrected chi connectivity index (χ4v) is 2.33. The van der Waals surface area contributed by atoms with Gasteiger partial charge in [0.05, 0.1) is 12.2 Å². The Labute approximate surface area is 108 Å². The molecular weight excluding hydrogens is 226 g/mol. The average molecular weight is 245 g/mol. The van der Waals surface area contributed by atoms with Crippen molar-refractivity contribution in [3.8, 4) is 6.07 Å². The predicted molar refractivity (Wildman–Crippen MR) is 70.7 cm³/mol. The number of pyridine rings is 1. The maximum Gasteiger partial charge on any atom is 0.146 e. The third-order valence-corrected chi connectivity index (χ3v) is 3.39. The number of anilines is 1. The molecule has 0 aliphatic heterocycles. The van der Waals surface area contributed by atoms with E-state index in [0.717, 1.165) is 25.2 Å². The molecule has 4 nitrogen and oxygen atoms in total. The molecule has 1 aromatic rings. The average Bonchev–Trinajstić information content (AvgIpc) is 2.43. The van der Waals surface area contributed by atoms with Gasteiger partial charge in [0.25, 0.3) is 0 Å². The molecule has 0 radical (unpaired) electrons. The van der Waals surface area contributed by atoms with Crippen molar-refractivity contribution in [3.05, 3.63) is 22.9 Å². The quantitative estimate of drug-likeness (QED) is 0.813. The first-order chi connectivity index (χ1) is 8.76. The molecule has 0 spiro atoms. The zero-order valence-electron chi connectivity index (χ0n) is 11.1. The molecule has 2 rings (SSSR count). The molecule has 0 amide bonds. The lowest BCUT2D eigenvalue weighted by atomic mass is 9.95. The predicted octanol–water partition coefficient (Wildman–Crippen LogP) is 1.91. The highest BCUT2D eigenvalue weighted by Crippen LogP contribution is 2.25. The second-order valence-electron chi connectivity index (χ2n) is 4.70. The van der Waals surface area contributed by atoms with Gasteiger partial charge in [-0.3, -0.25) is 0 Å². The largest absolute Gasteiger partial charge is 0.383 e. The van der Waals surface area contributed by atoms with Crippen LogP contribution in [0.2, 0.25) is 0 Å². The number of fused-ring (bicyclic) bond motifs is 1. The summed E-state index contributed by atoms with van der Waals surface area (Å²) in [6.07, 6.45) is 4.50. The Morgan fingerprint density at radius 2 is 2.22 bits per heavy atom. The third-order valence-electron chi connectivity index (χ3n) is 3.39. The molecule has 0 bridgehead atoms. The van der Waals surface area contributed by atoms with Gasteiger partial charge in [0, 0.05) is 26.4 Å². The minimum absolute atomic E-state index is 0.639. The van der Waals surface area contributed by atoms with Crippen molar-refractivity contribution in [2.45, 2.75) is 25.7 Å². The van der Waals surface area contributed by atoms with Gasteiger partial charge in [0.2, 0.25) is 0 Å². The minimum atomic E-state index is 0.639. The summed E-state index contributed by atoms with van der Waals surface area (Å²) in [5, 5.41) is 9.25. The van der Waals surface area contributed by atoms with E-state index in [4.69, 9.17) is 4.74 Å². The topological polar surface area (TPSA) is 49.1 Å². The summed E-state index contributed by atoms with van der Waals surface area (Å²) >= 11 is 0. The van der Waals surface area contributed by atoms with E-state index in [9.17, 15) is 5.26 Å². The number of nitrogens with zero attached hydrogens (tertiary/aromatic N) is 3. The van der Waals surface area contributed by atoms with Gasteiger partial charge in [0.1, 0.15) is 11.9 Å². The molecule has 4 heteroatoms. The van der Waals surface area contributed by atoms with Crippen LogP contribution >= 0.6 is 0 Å². The van der Waals surface area contributed by atoms with Gasteiger partial charge < -0.3 is 9.64 Å². The summed E-state index contributed by atoms with van der Waals surface area (Å²) in [5.41, 5.74) is 3.09. The summed E-state index contributed by atoms with van der Waals surface area (Å²) in [6.45, 7) is 1.39. The summed E-state index contributed by atoms with van der Waals surface area (Å²) in [7, 11) is 3.64. The van der Waals surface area contributed by atoms with E-state index in [2.05, 4.69) is 11.1 Å². The zero-order valence-corrected chi connectivity index (χ0v) is 11.1. The van der Waals surface area contributed by atoms with E-state index >= 15 is 0 Å². The molecular formula is C14H19N3O. The van der Waals surface area contributed by atoms with E-state index < -0.39 is 0 Å². The normalized spacial score (nSPS) is 13.8. The molecule has 0 saturated heterocycles. The molecule has 1 aromatic heterocycles. The fourth-order valence-electron chi connectivity index (χ4n) is 2.33. The molecule has 0 unspecified atom stereocenters. The van der Waals surface area contributed by atoms with E-state index in [1.54, 1.807) is 7.11 Å². The van der Waals surface area contributed by atoms with Crippen LogP contribution in [0, 0.1) is 11.3 Å². The summed E-state index contributed by atoms with van der Waals surface area (Å²) in [6, 6.07) is 4.27. The Morgan fingerprint density at radius 1 is 1.44 bits per heavy atom. The van der Waals surface area contributed by atoms with Crippen molar-refractivity contribution < 1.29 is 4.74 Å². The smallest absolute Gasteiger partial charge is 0.146 e. The van der Waals surface area contributed by atoms with Crippen molar-refractivity contribution in [3.63, 3.8) is 0 Å². The van der Waals surface area contributed by atoms with Crippen LogP contribution in [0.1, 0.15) is 29.7 Å². The lowest BCUT2D eigenvalue weighted by Crippen LogP contribution is -2.25. The zero-order chi connectivity index (χ0) is 13.0. The van der Waals surface area contributed by atoms with Gasteiger partial charge in [-0.15, -0.1) is 0 Å². The minimum Gasteiger partial charge on any atom is -0.383 e. The van der Waals surface area contributed by atoms with Gasteiger partial charge in [-0.1, -0.05) is 0 Å². The van der Waals surface area contributed by atoms with Crippen LogP contribution in [0.5, 0.6) is 0 Å². The van der Waals surface area contributed by atoms with Gasteiger partial charge in [-0.25, -0.2) is 4.98 Å². The number of ether oxygens (including phenoxy) is 1. The SMILES string of the molecule is COCCN(C)c1nc2c(cc1C#N)CCCC2. The molecule has 18 heavy (non-hydrogen) atoms. The highest BCUT2D eigenvalue weighted by Gasteiger charge is 2.17. The summed E-state index contributed by atoms with van der Waals surface area (Å²) < 4.78 is 5.07. The van der Waals surface area contributed by atoms with E-state index in [0.29, 0.717) is 12.2 Å². The first kappa shape index (κ1) is 12.8. The number of hydrogen-bond donors (Lipinski definition) is 0. The van der Waals surface area contributed by atoms with Gasteiger partial charge in [-0.2, -0.15) is 5.26 Å². The van der Waals surface area contributed by atoms with Crippen LogP contribution in [0.4, 0.5) is 5.82 Å². The Hall–Kier alpha value is -1.60. The van der Waals surface area contributed by atoms with E-state index in [1.165, 1.54) is 24.1 Å². The highest BCUT2D eigenvalue weighted by atomic mass is 16.5. The standard InChI is InChI=1S/C14H19N3O/c1-17(7-8-18-2)14-12(10-15)9-11-5-3-4-6-13(11)16-14/h9H,3-8H2,1-2H3. The number of methoxy groups -OCH3 is 1. The number of nitriles is 1. The molecule has 0 fully saturated rings. The number of rotatable bonds is 4. The van der Waals surface area contributed by atoms with Crippen molar-refractivity contribution in [1.29, 1.82) is 5.26 Å². The van der Waals surface area contributed by atoms with Crippen molar-refractivity contribution >= 4 is 5.82 Å². The number of aromatic nitrogens is 1. The maximum atomic E-state index is 9.25. The first-order valence-electron chi connectivity index (χ1n) is 6.39. The van der Waals surface area contributed by atoms with E-state index in [-0.39, 0.29) is 0 Å². The molecule has 0 saturated carbocycles. The summed E-state index contributed by atoms with van der Waals surface area (Å²) in [5.74, 6) is 0.787. The Balaban J connectivity index is 2.31. The molecule has 1 heterocycles. The van der Waals surface area contributed by atoms with Gasteiger partial charge >= 0.3 is 0 Å². The van der Waals surface area contributed by atoms with Crippen molar-refractivity contribution in [2.75, 3.05) is 32.2 Å². The second-order valence-corrected chi connectivity index (χ2v) is 4.70. The van der Waals surface area contributed by atoms with Gasteiger partial charge in [0.15, 0.2) is 0 Å². The van der Waals surface area contributed by atoms with Gasteiger partial charge in [-0.05, 0) is 37.3 Å². The maximum absolute atomic E-state index is 9.25. The molecule has 1 aliphatic carbocycles. The molecule has 96 valence electrons. The highest BCUT2D eigenvalue weighted by molar-refractivity contribution is 5.56. The second kappa shape index (κ2) is 5.83. The van der Waals surface area contributed by atoms with Crippen LogP contribution < -0.4 is 4.90 Å². The number of aryl methyl sites for hydroxylation is 2. The monoisotopic (exact) mass is 245 g/mol. The fraction of sp³-hybridized carbons (Fsp3) is 0.571. The number of likely N-dealkylation sites (N-methyl/N-ethyl adjacent to an activating group) is 1. The van der Waals surface area contributed by atoms with Crippen LogP contribution in [-0.2, 0) is 17.6 Å². The van der Waals surface area contributed by atoms with Crippen molar-refractivity contribution in [2.24, 2.45) is 0 Å². The molecule has 0 aromatic carbocycles. The molecule has 0 atom stereocenters. The number of hydrogen-bond acceptors (Lipinski definition) is 4. The van der Waals surface area contributed by atoms with E-state index in [1.807, 2.05) is 18.0 Å². The lowest BCUT2D eigenvalue weighted by molar-refractivity contribution is 0.206. The summed E-state index contributed by atoms with van der Waals surface area (Å²) in [4.78, 5) is 6.68. The first-order valence-corrected chi connectivity index (χ1v) is 6.39. The van der Waals surface area contributed by atoms with Crippen molar-refractivity contribution in [1.82, 2.24) is 4.98 Å². The molecule has 0 N–H and O–H groups in total. The lowest BCUT2D eigenvalue weighted by Gasteiger charge is -2.22. The Kier molecular flexibility index (Phi) is 4.16. The Bertz CT molecular complexity index is 465. The van der Waals surface area contributed by atoms with Crippen LogP contribution in [0.25, 0.3) is 0 Å².